The first-order valence-corrected chi connectivity index (χ1v) is 5.74. The highest BCUT2D eigenvalue weighted by atomic mass is 16.3. The molecule has 8 nitrogen and oxygen atoms in total. The van der Waals surface area contributed by atoms with E-state index in [2.05, 4.69) is 15.0 Å². The average Bonchev–Trinajstić information content (AvgIpc) is 2.94. The highest BCUT2D eigenvalue weighted by Gasteiger charge is 2.36. The van der Waals surface area contributed by atoms with E-state index >= 15 is 0 Å². The summed E-state index contributed by atoms with van der Waals surface area (Å²) in [4.78, 5) is 12.0. The van der Waals surface area contributed by atoms with Crippen LogP contribution in [0.15, 0.2) is 24.3 Å². The van der Waals surface area contributed by atoms with Crippen LogP contribution < -0.4 is 5.73 Å². The second-order valence-electron chi connectivity index (χ2n) is 4.41. The number of aromatic nitrogens is 4. The largest absolute Gasteiger partial charge is 0.392 e. The van der Waals surface area contributed by atoms with Crippen molar-refractivity contribution in [2.45, 2.75) is 18.2 Å². The Labute approximate surface area is 107 Å². The van der Waals surface area contributed by atoms with Gasteiger partial charge in [-0.3, -0.25) is 0 Å². The average molecular weight is 263 g/mol. The monoisotopic (exact) mass is 263 g/mol. The quantitative estimate of drug-likeness (QED) is 0.490. The van der Waals surface area contributed by atoms with Crippen molar-refractivity contribution < 1.29 is 15.3 Å². The number of rotatable bonds is 2. The Balaban J connectivity index is 2.11. The van der Waals surface area contributed by atoms with Crippen LogP contribution in [0.2, 0.25) is 0 Å². The van der Waals surface area contributed by atoms with Gasteiger partial charge in [0.25, 0.3) is 0 Å². The molecule has 19 heavy (non-hydrogen) atoms. The van der Waals surface area contributed by atoms with Crippen LogP contribution in [0.5, 0.6) is 0 Å². The summed E-state index contributed by atoms with van der Waals surface area (Å²) in [5, 5.41) is 28.9. The summed E-state index contributed by atoms with van der Waals surface area (Å²) in [5.74, 6) is 0.253. The molecule has 0 fully saturated rings. The van der Waals surface area contributed by atoms with Crippen LogP contribution >= 0.6 is 0 Å². The van der Waals surface area contributed by atoms with E-state index in [-0.39, 0.29) is 12.4 Å². The molecule has 0 aromatic carbocycles. The van der Waals surface area contributed by atoms with E-state index in [1.54, 1.807) is 10.6 Å². The fourth-order valence-electron chi connectivity index (χ4n) is 2.30. The molecular weight excluding hydrogens is 250 g/mol. The number of nitrogens with zero attached hydrogens (tertiary/aromatic N) is 4. The van der Waals surface area contributed by atoms with Crippen molar-refractivity contribution in [3.8, 4) is 0 Å². The lowest BCUT2D eigenvalue weighted by Gasteiger charge is -2.18. The first kappa shape index (κ1) is 12.0. The van der Waals surface area contributed by atoms with Crippen molar-refractivity contribution >= 4 is 17.0 Å². The molecule has 0 bridgehead atoms. The number of fused-ring (bicyclic) bond motifs is 1. The Bertz CT molecular complexity index is 653. The fraction of sp³-hybridized carbons (Fsp3) is 0.364. The minimum atomic E-state index is -1.09. The lowest BCUT2D eigenvalue weighted by atomic mass is 10.1. The first-order valence-electron chi connectivity index (χ1n) is 5.74. The standard InChI is InChI=1S/C11H13N5O3/c12-10-7-11(14-3-13-10)16(4-15-7)6-1-5(2-17)8(18)9(6)19/h1,3-4,6,8-9,17-19H,2H2,(H2,12,13,14)/t6-,8?,9-/m1/s1. The van der Waals surface area contributed by atoms with E-state index in [0.717, 1.165) is 0 Å². The molecule has 0 aliphatic heterocycles. The minimum Gasteiger partial charge on any atom is -0.392 e. The Morgan fingerprint density at radius 1 is 1.26 bits per heavy atom. The molecule has 3 atom stereocenters. The predicted molar refractivity (Wildman–Crippen MR) is 66.0 cm³/mol. The van der Waals surface area contributed by atoms with Crippen LogP contribution in [0.25, 0.3) is 11.2 Å². The van der Waals surface area contributed by atoms with Gasteiger partial charge in [-0.25, -0.2) is 15.0 Å². The lowest BCUT2D eigenvalue weighted by Crippen LogP contribution is -2.30. The zero-order valence-electron chi connectivity index (χ0n) is 9.88. The summed E-state index contributed by atoms with van der Waals surface area (Å²) in [6.07, 6.45) is 2.24. The number of imidazole rings is 1. The lowest BCUT2D eigenvalue weighted by molar-refractivity contribution is 0.0287. The molecular formula is C11H13N5O3. The maximum Gasteiger partial charge on any atom is 0.166 e. The van der Waals surface area contributed by atoms with Crippen molar-refractivity contribution in [3.05, 3.63) is 24.3 Å². The summed E-state index contributed by atoms with van der Waals surface area (Å²) >= 11 is 0. The Morgan fingerprint density at radius 3 is 2.74 bits per heavy atom. The molecule has 0 spiro atoms. The molecule has 1 aliphatic carbocycles. The maximum absolute atomic E-state index is 10.0. The van der Waals surface area contributed by atoms with Crippen LogP contribution in [-0.4, -0.2) is 53.7 Å². The van der Waals surface area contributed by atoms with Gasteiger partial charge in [-0.2, -0.15) is 0 Å². The molecule has 5 N–H and O–H groups in total. The summed E-state index contributed by atoms with van der Waals surface area (Å²) in [6, 6.07) is -0.545. The Hall–Kier alpha value is -2.03. The zero-order chi connectivity index (χ0) is 13.6. The maximum atomic E-state index is 10.0. The fourth-order valence-corrected chi connectivity index (χ4v) is 2.30. The van der Waals surface area contributed by atoms with Crippen molar-refractivity contribution in [3.63, 3.8) is 0 Å². The van der Waals surface area contributed by atoms with Gasteiger partial charge in [0.2, 0.25) is 0 Å². The third kappa shape index (κ3) is 1.69. The molecule has 0 saturated heterocycles. The van der Waals surface area contributed by atoms with Gasteiger partial charge in [-0.05, 0) is 5.57 Å². The highest BCUT2D eigenvalue weighted by Crippen LogP contribution is 2.31. The normalized spacial score (nSPS) is 26.9. The molecule has 2 aromatic rings. The van der Waals surface area contributed by atoms with E-state index in [1.807, 2.05) is 0 Å². The smallest absolute Gasteiger partial charge is 0.166 e. The number of aliphatic hydroxyl groups excluding tert-OH is 3. The van der Waals surface area contributed by atoms with Gasteiger partial charge >= 0.3 is 0 Å². The van der Waals surface area contributed by atoms with Gasteiger partial charge < -0.3 is 25.6 Å². The number of nitrogens with two attached hydrogens (primary N) is 1. The molecule has 0 saturated carbocycles. The molecule has 8 heteroatoms. The van der Waals surface area contributed by atoms with Gasteiger partial charge in [0.1, 0.15) is 24.1 Å². The van der Waals surface area contributed by atoms with Crippen LogP contribution in [0.1, 0.15) is 6.04 Å². The highest BCUT2D eigenvalue weighted by molar-refractivity contribution is 5.81. The van der Waals surface area contributed by atoms with Gasteiger partial charge in [0.05, 0.1) is 19.0 Å². The summed E-state index contributed by atoms with van der Waals surface area (Å²) in [7, 11) is 0. The minimum absolute atomic E-state index is 0.253. The van der Waals surface area contributed by atoms with Gasteiger partial charge in [0, 0.05) is 0 Å². The van der Waals surface area contributed by atoms with Crippen molar-refractivity contribution in [2.24, 2.45) is 0 Å². The predicted octanol–water partition coefficient (Wildman–Crippen LogP) is -1.40. The van der Waals surface area contributed by atoms with E-state index in [9.17, 15) is 10.2 Å². The van der Waals surface area contributed by atoms with Crippen molar-refractivity contribution in [2.75, 3.05) is 12.3 Å². The SMILES string of the molecule is Nc1ncnc2c1ncn2[C@@H]1C=C(CO)C(O)[C@@H]1O. The molecule has 0 amide bonds. The molecule has 1 unspecified atom stereocenters. The number of anilines is 1. The summed E-state index contributed by atoms with van der Waals surface area (Å²) in [6.45, 7) is -0.307. The molecule has 2 aromatic heterocycles. The molecule has 0 radical (unpaired) electrons. The molecule has 2 heterocycles. The molecule has 1 aliphatic rings. The van der Waals surface area contributed by atoms with E-state index in [1.165, 1.54) is 12.7 Å². The number of nitrogen functional groups attached to an aromatic ring is 1. The molecule has 100 valence electrons. The summed E-state index contributed by atoms with van der Waals surface area (Å²) < 4.78 is 1.60. The second-order valence-corrected chi connectivity index (χ2v) is 4.41. The number of aliphatic hydroxyl groups is 3. The van der Waals surface area contributed by atoms with Crippen molar-refractivity contribution in [1.29, 1.82) is 0 Å². The van der Waals surface area contributed by atoms with E-state index in [4.69, 9.17) is 10.8 Å². The number of hydrogen-bond donors (Lipinski definition) is 4. The van der Waals surface area contributed by atoms with E-state index < -0.39 is 18.2 Å². The zero-order valence-corrected chi connectivity index (χ0v) is 9.88. The molecule has 3 rings (SSSR count). The number of hydrogen-bond acceptors (Lipinski definition) is 7. The van der Waals surface area contributed by atoms with Gasteiger partial charge in [-0.1, -0.05) is 6.08 Å². The van der Waals surface area contributed by atoms with Gasteiger partial charge in [-0.15, -0.1) is 0 Å². The second kappa shape index (κ2) is 4.26. The van der Waals surface area contributed by atoms with Crippen LogP contribution in [0.3, 0.4) is 0 Å². The third-order valence-corrected chi connectivity index (χ3v) is 3.33. The van der Waals surface area contributed by atoms with Crippen LogP contribution in [-0.2, 0) is 0 Å². The van der Waals surface area contributed by atoms with Crippen LogP contribution in [0, 0.1) is 0 Å². The van der Waals surface area contributed by atoms with E-state index in [0.29, 0.717) is 16.7 Å². The van der Waals surface area contributed by atoms with Gasteiger partial charge in [0.15, 0.2) is 11.5 Å². The summed E-state index contributed by atoms with van der Waals surface area (Å²) in [5.41, 5.74) is 6.98. The Morgan fingerprint density at radius 2 is 2.05 bits per heavy atom. The third-order valence-electron chi connectivity index (χ3n) is 3.33. The Kier molecular flexibility index (Phi) is 2.70. The van der Waals surface area contributed by atoms with Crippen molar-refractivity contribution in [1.82, 2.24) is 19.5 Å². The topological polar surface area (TPSA) is 130 Å². The first-order chi connectivity index (χ1) is 9.13. The van der Waals surface area contributed by atoms with Crippen LogP contribution in [0.4, 0.5) is 5.82 Å².